The number of carboxylic acid groups (broad SMARTS) is 2. The van der Waals surface area contributed by atoms with Crippen LogP contribution >= 0.6 is 0 Å². The van der Waals surface area contributed by atoms with Gasteiger partial charge in [0.15, 0.2) is 23.7 Å². The van der Waals surface area contributed by atoms with Gasteiger partial charge in [0.1, 0.15) is 12.2 Å². The fourth-order valence-corrected chi connectivity index (χ4v) is 1.65. The zero-order chi connectivity index (χ0) is 27.2. The molecule has 0 aliphatic carbocycles. The van der Waals surface area contributed by atoms with Crippen molar-refractivity contribution in [2.45, 2.75) is 24.4 Å². The minimum Gasteiger partial charge on any atom is -0.505 e. The van der Waals surface area contributed by atoms with E-state index in [1.54, 1.807) is 0 Å². The second-order valence-electron chi connectivity index (χ2n) is 5.82. The van der Waals surface area contributed by atoms with E-state index in [1.807, 2.05) is 0 Å². The summed E-state index contributed by atoms with van der Waals surface area (Å²) in [6, 6.07) is 0. The summed E-state index contributed by atoms with van der Waals surface area (Å²) in [6.45, 7) is -1.90. The van der Waals surface area contributed by atoms with Crippen molar-refractivity contribution in [2.75, 3.05) is 26.3 Å². The van der Waals surface area contributed by atoms with Crippen LogP contribution in [0.1, 0.15) is 0 Å². The van der Waals surface area contributed by atoms with Gasteiger partial charge < -0.3 is 72.0 Å². The summed E-state index contributed by atoms with van der Waals surface area (Å²) in [6.07, 6.45) is -5.55. The van der Waals surface area contributed by atoms with E-state index in [9.17, 15) is 19.2 Å². The summed E-state index contributed by atoms with van der Waals surface area (Å²) in [5.74, 6) is -7.49. The van der Waals surface area contributed by atoms with E-state index in [1.165, 1.54) is 0 Å². The van der Waals surface area contributed by atoms with E-state index in [2.05, 4.69) is 20.9 Å². The Bertz CT molecular complexity index is 728. The van der Waals surface area contributed by atoms with Crippen LogP contribution in [0.3, 0.4) is 0 Å². The van der Waals surface area contributed by atoms with Crippen molar-refractivity contribution in [2.24, 2.45) is 11.5 Å². The molecule has 196 valence electrons. The Morgan fingerprint density at radius 3 is 1.08 bits per heavy atom. The van der Waals surface area contributed by atoms with Crippen LogP contribution in [-0.2, 0) is 28.7 Å². The van der Waals surface area contributed by atoms with Crippen LogP contribution in [0.2, 0.25) is 0 Å². The molecule has 0 saturated carbocycles. The molecular formula is C16H26CaMgN2O16+4. The fraction of sp³-hybridized carbons (Fsp3) is 0.500. The molecule has 4 atom stereocenters. The number of hydrogen-bond donors (Lipinski definition) is 12. The molecule has 2 aliphatic rings. The second kappa shape index (κ2) is 21.4. The van der Waals surface area contributed by atoms with Gasteiger partial charge in [0.05, 0.1) is 26.3 Å². The first kappa shape index (κ1) is 41.5. The van der Waals surface area contributed by atoms with Crippen molar-refractivity contribution in [3.05, 3.63) is 23.0 Å². The average molecular weight is 567 g/mol. The molecule has 4 unspecified atom stereocenters. The molecule has 14 N–H and O–H groups in total. The van der Waals surface area contributed by atoms with E-state index in [-0.39, 0.29) is 73.9 Å². The van der Waals surface area contributed by atoms with Gasteiger partial charge in [-0.3, -0.25) is 9.59 Å². The number of carbonyl (C=O) groups excluding carboxylic acids is 2. The molecule has 0 bridgehead atoms. The Morgan fingerprint density at radius 1 is 0.750 bits per heavy atom. The van der Waals surface area contributed by atoms with Gasteiger partial charge in [0, 0.05) is 0 Å². The number of aliphatic hydroxyl groups is 8. The number of aliphatic carboxylic acids is 2. The monoisotopic (exact) mass is 566 g/mol. The zero-order valence-corrected chi connectivity index (χ0v) is 22.3. The normalized spacial score (nSPS) is 19.3. The molecule has 0 spiro atoms. The third-order valence-corrected chi connectivity index (χ3v) is 3.30. The van der Waals surface area contributed by atoms with Crippen LogP contribution in [0.25, 0.3) is 0 Å². The standard InChI is InChI=1S/2C6H8O6.2C2H5NO2.Ca.Mg/c2*7-1-2(8)5-3(9)4(10)6(11)12-5;2*3-1-2(4)5;;/h2*2,5,7-10H,1H2;2*1,3H2,(H,4,5);;/q;;;;2*+2. The Labute approximate surface area is 248 Å². The second-order valence-corrected chi connectivity index (χ2v) is 5.82. The zero-order valence-electron chi connectivity index (χ0n) is 18.6. The number of aliphatic hydroxyl groups excluding tert-OH is 8. The van der Waals surface area contributed by atoms with E-state index in [4.69, 9.17) is 51.1 Å². The summed E-state index contributed by atoms with van der Waals surface area (Å²) < 4.78 is 8.63. The van der Waals surface area contributed by atoms with Gasteiger partial charge in [-0.1, -0.05) is 0 Å². The molecule has 0 aromatic heterocycles. The summed E-state index contributed by atoms with van der Waals surface area (Å²) in [4.78, 5) is 39.6. The van der Waals surface area contributed by atoms with E-state index in [0.29, 0.717) is 0 Å². The van der Waals surface area contributed by atoms with Crippen LogP contribution in [0.4, 0.5) is 0 Å². The third-order valence-electron chi connectivity index (χ3n) is 3.30. The topological polar surface area (TPSA) is 341 Å². The van der Waals surface area contributed by atoms with Crippen LogP contribution in [0.15, 0.2) is 23.0 Å². The van der Waals surface area contributed by atoms with E-state index < -0.39 is 84.5 Å². The smallest absolute Gasteiger partial charge is 0.505 e. The molecule has 20 heteroatoms. The molecule has 0 aromatic rings. The molecule has 2 heterocycles. The molecule has 0 saturated heterocycles. The van der Waals surface area contributed by atoms with Crippen molar-refractivity contribution in [1.29, 1.82) is 0 Å². The first-order chi connectivity index (χ1) is 15.7. The summed E-state index contributed by atoms with van der Waals surface area (Å²) in [5.41, 5.74) is 9.14. The molecular weight excluding hydrogens is 541 g/mol. The average Bonchev–Trinajstić information content (AvgIpc) is 3.23. The van der Waals surface area contributed by atoms with Crippen molar-refractivity contribution >= 4 is 84.7 Å². The maximum Gasteiger partial charge on any atom is 2.00 e. The molecule has 36 heavy (non-hydrogen) atoms. The van der Waals surface area contributed by atoms with Gasteiger partial charge in [-0.2, -0.15) is 0 Å². The minimum absolute atomic E-state index is 0. The van der Waals surface area contributed by atoms with Crippen molar-refractivity contribution in [3.63, 3.8) is 0 Å². The molecule has 2 aliphatic heterocycles. The molecule has 2 rings (SSSR count). The molecule has 0 fully saturated rings. The number of nitrogens with two attached hydrogens (primary N) is 2. The quantitative estimate of drug-likeness (QED) is 0.105. The van der Waals surface area contributed by atoms with Gasteiger partial charge in [0.25, 0.3) is 0 Å². The van der Waals surface area contributed by atoms with Gasteiger partial charge in [-0.05, 0) is 0 Å². The number of cyclic esters (lactones) is 2. The minimum atomic E-state index is -1.42. The van der Waals surface area contributed by atoms with Gasteiger partial charge >= 0.3 is 84.7 Å². The molecule has 0 aromatic carbocycles. The van der Waals surface area contributed by atoms with Crippen LogP contribution in [-0.4, -0.2) is 186 Å². The van der Waals surface area contributed by atoms with Crippen molar-refractivity contribution in [3.8, 4) is 0 Å². The third kappa shape index (κ3) is 14.8. The fourth-order valence-electron chi connectivity index (χ4n) is 1.65. The SMILES string of the molecule is NCC(=O)O.NCC(=O)O.O=C1OC(C(O)CO)C(O)=C1O.O=C1OC(C(O)CO)C(O)=C1O.[Ca+2].[Mg+2]. The Morgan fingerprint density at radius 2 is 0.972 bits per heavy atom. The molecule has 0 amide bonds. The van der Waals surface area contributed by atoms with Crippen LogP contribution in [0.5, 0.6) is 0 Å². The Kier molecular flexibility index (Phi) is 24.7. The van der Waals surface area contributed by atoms with Crippen molar-refractivity contribution < 1.29 is 79.7 Å². The van der Waals surface area contributed by atoms with Gasteiger partial charge in [0.2, 0.25) is 11.5 Å². The summed E-state index contributed by atoms with van der Waals surface area (Å²) in [7, 11) is 0. The maximum absolute atomic E-state index is 10.5. The summed E-state index contributed by atoms with van der Waals surface area (Å²) >= 11 is 0. The van der Waals surface area contributed by atoms with Crippen LogP contribution in [0, 0.1) is 0 Å². The first-order valence-corrected chi connectivity index (χ1v) is 8.77. The number of carboxylic acids is 2. The Hall–Kier alpha value is -1.65. The van der Waals surface area contributed by atoms with E-state index >= 15 is 0 Å². The number of carbonyl (C=O) groups is 4. The molecule has 0 radical (unpaired) electrons. The number of ether oxygens (including phenoxy) is 2. The van der Waals surface area contributed by atoms with Gasteiger partial charge in [-0.25, -0.2) is 9.59 Å². The summed E-state index contributed by atoms with van der Waals surface area (Å²) in [5, 5.41) is 85.3. The van der Waals surface area contributed by atoms with Crippen LogP contribution < -0.4 is 11.5 Å². The maximum atomic E-state index is 10.5. The Balaban J connectivity index is -0.000000201. The number of rotatable bonds is 6. The van der Waals surface area contributed by atoms with E-state index in [0.717, 1.165) is 0 Å². The van der Waals surface area contributed by atoms with Crippen molar-refractivity contribution in [1.82, 2.24) is 0 Å². The first-order valence-electron chi connectivity index (χ1n) is 8.77. The molecule has 18 nitrogen and oxygen atoms in total. The predicted octanol–water partition coefficient (Wildman–Crippen LogP) is -5.52. The number of hydrogen-bond acceptors (Lipinski definition) is 16. The van der Waals surface area contributed by atoms with Gasteiger partial charge in [-0.15, -0.1) is 0 Å². The largest absolute Gasteiger partial charge is 2.00 e. The number of esters is 2. The predicted molar refractivity (Wildman–Crippen MR) is 115 cm³/mol.